The van der Waals surface area contributed by atoms with Gasteiger partial charge >= 0.3 is 12.2 Å². The summed E-state index contributed by atoms with van der Waals surface area (Å²) >= 11 is 0. The molecule has 0 aromatic heterocycles. The number of hydrogen-bond donors (Lipinski definition) is 2. The molecule has 1 saturated heterocycles. The maximum absolute atomic E-state index is 13.3. The highest BCUT2D eigenvalue weighted by atomic mass is 19.4. The standard InChI is InChI=1S/C22H26F3N3O2/c1-30-19-8-7-17(20(13-19)22(23,24)25)14-26-21(29)27-18-9-11-28(12-10-18)15-16-5-3-2-4-6-16/h2-8,13,18H,9-12,14-15H2,1H3,(H2,26,27,29). The van der Waals surface area contributed by atoms with E-state index in [1.807, 2.05) is 18.2 Å². The highest BCUT2D eigenvalue weighted by molar-refractivity contribution is 5.74. The van der Waals surface area contributed by atoms with Crippen molar-refractivity contribution in [3.63, 3.8) is 0 Å². The van der Waals surface area contributed by atoms with Gasteiger partial charge in [0.05, 0.1) is 12.7 Å². The summed E-state index contributed by atoms with van der Waals surface area (Å²) in [5.41, 5.74) is 0.439. The summed E-state index contributed by atoms with van der Waals surface area (Å²) in [5, 5.41) is 5.41. The van der Waals surface area contributed by atoms with E-state index >= 15 is 0 Å². The van der Waals surface area contributed by atoms with Gasteiger partial charge in [-0.15, -0.1) is 0 Å². The van der Waals surface area contributed by atoms with Crippen LogP contribution in [0.2, 0.25) is 0 Å². The first kappa shape index (κ1) is 22.0. The highest BCUT2D eigenvalue weighted by Gasteiger charge is 2.34. The van der Waals surface area contributed by atoms with Crippen molar-refractivity contribution < 1.29 is 22.7 Å². The smallest absolute Gasteiger partial charge is 0.416 e. The summed E-state index contributed by atoms with van der Waals surface area (Å²) in [5.74, 6) is 0.123. The van der Waals surface area contributed by atoms with Gasteiger partial charge in [0.15, 0.2) is 0 Å². The number of amides is 2. The van der Waals surface area contributed by atoms with Gasteiger partial charge in [0.25, 0.3) is 0 Å². The first-order valence-corrected chi connectivity index (χ1v) is 9.90. The van der Waals surface area contributed by atoms with Crippen LogP contribution in [0, 0.1) is 0 Å². The van der Waals surface area contributed by atoms with Gasteiger partial charge in [0, 0.05) is 32.2 Å². The van der Waals surface area contributed by atoms with Crippen LogP contribution in [0.4, 0.5) is 18.0 Å². The summed E-state index contributed by atoms with van der Waals surface area (Å²) in [6.45, 7) is 2.38. The molecular weight excluding hydrogens is 395 g/mol. The Morgan fingerprint density at radius 2 is 1.83 bits per heavy atom. The minimum absolute atomic E-state index is 0.00358. The van der Waals surface area contributed by atoms with E-state index in [0.717, 1.165) is 38.5 Å². The molecule has 5 nitrogen and oxygen atoms in total. The average molecular weight is 421 g/mol. The van der Waals surface area contributed by atoms with Crippen molar-refractivity contribution in [3.05, 3.63) is 65.2 Å². The molecule has 0 unspecified atom stereocenters. The Kier molecular flexibility index (Phi) is 7.20. The van der Waals surface area contributed by atoms with Crippen LogP contribution >= 0.6 is 0 Å². The van der Waals surface area contributed by atoms with Crippen LogP contribution in [0.15, 0.2) is 48.5 Å². The monoisotopic (exact) mass is 421 g/mol. The van der Waals surface area contributed by atoms with E-state index in [-0.39, 0.29) is 23.9 Å². The Labute approximate surface area is 174 Å². The van der Waals surface area contributed by atoms with E-state index in [9.17, 15) is 18.0 Å². The fourth-order valence-corrected chi connectivity index (χ4v) is 3.59. The third-order valence-electron chi connectivity index (χ3n) is 5.23. The number of carbonyl (C=O) groups is 1. The lowest BCUT2D eigenvalue weighted by atomic mass is 10.0. The number of methoxy groups -OCH3 is 1. The number of alkyl halides is 3. The lowest BCUT2D eigenvalue weighted by molar-refractivity contribution is -0.138. The van der Waals surface area contributed by atoms with Gasteiger partial charge in [-0.25, -0.2) is 4.79 Å². The summed E-state index contributed by atoms with van der Waals surface area (Å²) < 4.78 is 44.7. The molecule has 1 heterocycles. The summed E-state index contributed by atoms with van der Waals surface area (Å²) in [4.78, 5) is 14.5. The maximum atomic E-state index is 13.3. The van der Waals surface area contributed by atoms with Crippen molar-refractivity contribution in [2.75, 3.05) is 20.2 Å². The quantitative estimate of drug-likeness (QED) is 0.736. The number of ether oxygens (including phenoxy) is 1. The second kappa shape index (κ2) is 9.84. The molecule has 1 aliphatic heterocycles. The topological polar surface area (TPSA) is 53.6 Å². The number of likely N-dealkylation sites (tertiary alicyclic amines) is 1. The molecular formula is C22H26F3N3O2. The molecule has 0 saturated carbocycles. The number of rotatable bonds is 6. The van der Waals surface area contributed by atoms with Gasteiger partial charge in [-0.3, -0.25) is 4.90 Å². The van der Waals surface area contributed by atoms with Gasteiger partial charge in [-0.2, -0.15) is 13.2 Å². The summed E-state index contributed by atoms with van der Waals surface area (Å²) in [7, 11) is 1.31. The zero-order valence-corrected chi connectivity index (χ0v) is 16.8. The molecule has 8 heteroatoms. The Balaban J connectivity index is 1.47. The molecule has 2 aromatic rings. The minimum Gasteiger partial charge on any atom is -0.497 e. The fourth-order valence-electron chi connectivity index (χ4n) is 3.59. The van der Waals surface area contributed by atoms with Crippen LogP contribution in [-0.2, 0) is 19.3 Å². The van der Waals surface area contributed by atoms with Gasteiger partial charge < -0.3 is 15.4 Å². The van der Waals surface area contributed by atoms with Crippen molar-refractivity contribution in [2.24, 2.45) is 0 Å². The Bertz CT molecular complexity index is 835. The Morgan fingerprint density at radius 3 is 2.47 bits per heavy atom. The van der Waals surface area contributed by atoms with Crippen molar-refractivity contribution >= 4 is 6.03 Å². The summed E-state index contributed by atoms with van der Waals surface area (Å²) in [6.07, 6.45) is -2.92. The van der Waals surface area contributed by atoms with Crippen LogP contribution in [0.1, 0.15) is 29.5 Å². The molecule has 2 amide bonds. The predicted molar refractivity (Wildman–Crippen MR) is 108 cm³/mol. The number of piperidine rings is 1. The third kappa shape index (κ3) is 6.13. The van der Waals surface area contributed by atoms with E-state index in [1.54, 1.807) is 0 Å². The molecule has 2 aromatic carbocycles. The predicted octanol–water partition coefficient (Wildman–Crippen LogP) is 4.18. The van der Waals surface area contributed by atoms with Gasteiger partial charge in [-0.05, 0) is 36.1 Å². The van der Waals surface area contributed by atoms with E-state index in [0.29, 0.717) is 0 Å². The van der Waals surface area contributed by atoms with Crippen molar-refractivity contribution in [1.82, 2.24) is 15.5 Å². The van der Waals surface area contributed by atoms with E-state index in [4.69, 9.17) is 4.74 Å². The molecule has 3 rings (SSSR count). The zero-order chi connectivity index (χ0) is 21.6. The van der Waals surface area contributed by atoms with Crippen molar-refractivity contribution in [3.8, 4) is 5.75 Å². The molecule has 1 fully saturated rings. The number of hydrogen-bond acceptors (Lipinski definition) is 3. The number of halogens is 3. The lowest BCUT2D eigenvalue weighted by Gasteiger charge is -2.32. The zero-order valence-electron chi connectivity index (χ0n) is 16.8. The van der Waals surface area contributed by atoms with Crippen LogP contribution in [-0.4, -0.2) is 37.2 Å². The Morgan fingerprint density at radius 1 is 1.13 bits per heavy atom. The number of benzene rings is 2. The molecule has 0 atom stereocenters. The van der Waals surface area contributed by atoms with Crippen LogP contribution < -0.4 is 15.4 Å². The van der Waals surface area contributed by atoms with E-state index in [2.05, 4.69) is 27.7 Å². The van der Waals surface area contributed by atoms with Gasteiger partial charge in [-0.1, -0.05) is 36.4 Å². The molecule has 0 radical (unpaired) electrons. The Hall–Kier alpha value is -2.74. The van der Waals surface area contributed by atoms with E-state index < -0.39 is 17.8 Å². The van der Waals surface area contributed by atoms with Crippen molar-refractivity contribution in [1.29, 1.82) is 0 Å². The van der Waals surface area contributed by atoms with Crippen molar-refractivity contribution in [2.45, 2.75) is 38.1 Å². The maximum Gasteiger partial charge on any atom is 0.416 e. The molecule has 162 valence electrons. The number of urea groups is 1. The largest absolute Gasteiger partial charge is 0.497 e. The fraction of sp³-hybridized carbons (Fsp3) is 0.409. The second-order valence-electron chi connectivity index (χ2n) is 7.38. The van der Waals surface area contributed by atoms with Crippen LogP contribution in [0.25, 0.3) is 0 Å². The number of nitrogens with zero attached hydrogens (tertiary/aromatic N) is 1. The number of nitrogens with one attached hydrogen (secondary N) is 2. The summed E-state index contributed by atoms with van der Waals surface area (Å²) in [6, 6.07) is 13.5. The number of carbonyl (C=O) groups excluding carboxylic acids is 1. The van der Waals surface area contributed by atoms with Gasteiger partial charge in [0.1, 0.15) is 5.75 Å². The van der Waals surface area contributed by atoms with E-state index in [1.165, 1.54) is 24.8 Å². The second-order valence-corrected chi connectivity index (χ2v) is 7.38. The average Bonchev–Trinajstić information content (AvgIpc) is 2.73. The molecule has 0 aliphatic carbocycles. The van der Waals surface area contributed by atoms with Gasteiger partial charge in [0.2, 0.25) is 0 Å². The first-order chi connectivity index (χ1) is 14.3. The minimum atomic E-state index is -4.52. The van der Waals surface area contributed by atoms with Crippen LogP contribution in [0.5, 0.6) is 5.75 Å². The lowest BCUT2D eigenvalue weighted by Crippen LogP contribution is -2.47. The molecule has 0 spiro atoms. The first-order valence-electron chi connectivity index (χ1n) is 9.90. The normalized spacial score (nSPS) is 15.6. The molecule has 1 aliphatic rings. The third-order valence-corrected chi connectivity index (χ3v) is 5.23. The SMILES string of the molecule is COc1ccc(CNC(=O)NC2CCN(Cc3ccccc3)CC2)c(C(F)(F)F)c1. The molecule has 0 bridgehead atoms. The highest BCUT2D eigenvalue weighted by Crippen LogP contribution is 2.34. The molecule has 2 N–H and O–H groups in total. The molecule has 30 heavy (non-hydrogen) atoms. The van der Waals surface area contributed by atoms with Crippen LogP contribution in [0.3, 0.4) is 0 Å².